The van der Waals surface area contributed by atoms with Crippen LogP contribution >= 0.6 is 0 Å². The highest BCUT2D eigenvalue weighted by molar-refractivity contribution is 5.71. The fourth-order valence-electron chi connectivity index (χ4n) is 4.18. The Morgan fingerprint density at radius 1 is 0.941 bits per heavy atom. The van der Waals surface area contributed by atoms with Crippen molar-refractivity contribution < 1.29 is 23.8 Å². The average molecular weight is 465 g/mol. The summed E-state index contributed by atoms with van der Waals surface area (Å²) in [6, 6.07) is 17.5. The number of carbonyl (C=O) groups is 1. The van der Waals surface area contributed by atoms with Gasteiger partial charge in [0, 0.05) is 12.5 Å². The number of benzene rings is 3. The minimum Gasteiger partial charge on any atom is -0.497 e. The van der Waals surface area contributed by atoms with Crippen molar-refractivity contribution in [3.63, 3.8) is 0 Å². The van der Waals surface area contributed by atoms with E-state index in [-0.39, 0.29) is 11.2 Å². The van der Waals surface area contributed by atoms with Crippen molar-refractivity contribution >= 4 is 5.97 Å². The summed E-state index contributed by atoms with van der Waals surface area (Å²) in [7, 11) is 1.60. The highest BCUT2D eigenvalue weighted by Crippen LogP contribution is 2.37. The average Bonchev–Trinajstić information content (AvgIpc) is 3.25. The molecule has 0 heterocycles. The molecule has 0 atom stereocenters. The maximum atomic E-state index is 14.7. The van der Waals surface area contributed by atoms with E-state index in [1.165, 1.54) is 30.0 Å². The Hall–Kier alpha value is -3.34. The molecule has 3 aromatic carbocycles. The van der Waals surface area contributed by atoms with E-state index < -0.39 is 5.97 Å². The van der Waals surface area contributed by atoms with Crippen molar-refractivity contribution in [1.29, 1.82) is 0 Å². The Bertz CT molecular complexity index is 1160. The summed E-state index contributed by atoms with van der Waals surface area (Å²) in [5.41, 5.74) is 6.32. The van der Waals surface area contributed by atoms with E-state index in [0.29, 0.717) is 17.9 Å². The summed E-state index contributed by atoms with van der Waals surface area (Å²) in [6.07, 6.45) is 3.55. The van der Waals surface area contributed by atoms with Gasteiger partial charge < -0.3 is 14.6 Å². The highest BCUT2D eigenvalue weighted by Gasteiger charge is 2.21. The maximum absolute atomic E-state index is 14.7. The quantitative estimate of drug-likeness (QED) is 0.444. The Kier molecular flexibility index (Phi) is 7.98. The number of carboxylic acid groups (broad SMARTS) is 1. The van der Waals surface area contributed by atoms with Gasteiger partial charge >= 0.3 is 0 Å². The fourth-order valence-corrected chi connectivity index (χ4v) is 4.18. The summed E-state index contributed by atoms with van der Waals surface area (Å²) in [4.78, 5) is 9.00. The predicted molar refractivity (Wildman–Crippen MR) is 133 cm³/mol. The molecule has 0 aliphatic heterocycles. The number of hydrogen-bond acceptors (Lipinski definition) is 3. The van der Waals surface area contributed by atoms with Gasteiger partial charge in [0.05, 0.1) is 7.11 Å². The van der Waals surface area contributed by atoms with Crippen molar-refractivity contribution in [2.24, 2.45) is 0 Å². The van der Waals surface area contributed by atoms with Gasteiger partial charge in [-0.1, -0.05) is 45.0 Å². The largest absolute Gasteiger partial charge is 0.497 e. The molecule has 0 radical (unpaired) electrons. The predicted octanol–water partition coefficient (Wildman–Crippen LogP) is 6.96. The van der Waals surface area contributed by atoms with Crippen LogP contribution < -0.4 is 9.47 Å². The van der Waals surface area contributed by atoms with E-state index in [9.17, 15) is 4.39 Å². The van der Waals surface area contributed by atoms with Gasteiger partial charge in [0.1, 0.15) is 23.9 Å². The SMILES string of the molecule is CC(=O)O.COc1ccc(F)c(-c2ccc(COc3ccc4c(c3)CCC4)cc2C(C)(C)C)c1. The molecule has 4 rings (SSSR count). The van der Waals surface area contributed by atoms with E-state index in [1.54, 1.807) is 19.2 Å². The number of hydrogen-bond donors (Lipinski definition) is 1. The lowest BCUT2D eigenvalue weighted by Gasteiger charge is -2.24. The first kappa shape index (κ1) is 25.3. The van der Waals surface area contributed by atoms with Crippen LogP contribution in [0.5, 0.6) is 11.5 Å². The van der Waals surface area contributed by atoms with Gasteiger partial charge in [-0.2, -0.15) is 0 Å². The van der Waals surface area contributed by atoms with Crippen LogP contribution in [0.4, 0.5) is 4.39 Å². The standard InChI is InChI=1S/C27H29FO2.C2H4O2/c1-27(2,3)25-14-18(17-30-22-10-9-19-6-5-7-20(19)15-22)8-12-23(25)24-16-21(29-4)11-13-26(24)28;1-2(3)4/h8-16H,5-7,17H2,1-4H3;1H3,(H,3,4). The van der Waals surface area contributed by atoms with Gasteiger partial charge in [-0.3, -0.25) is 4.79 Å². The van der Waals surface area contributed by atoms with Crippen LogP contribution in [0.1, 0.15) is 56.4 Å². The van der Waals surface area contributed by atoms with Crippen LogP contribution in [0, 0.1) is 5.82 Å². The third kappa shape index (κ3) is 6.37. The number of rotatable bonds is 5. The molecule has 0 spiro atoms. The molecule has 0 fully saturated rings. The van der Waals surface area contributed by atoms with Crippen LogP contribution in [-0.4, -0.2) is 18.2 Å². The summed E-state index contributed by atoms with van der Waals surface area (Å²) < 4.78 is 26.1. The zero-order chi connectivity index (χ0) is 24.9. The number of aliphatic carboxylic acids is 1. The molecule has 0 saturated heterocycles. The number of aryl methyl sites for hydroxylation is 2. The van der Waals surface area contributed by atoms with Crippen LogP contribution in [0.25, 0.3) is 11.1 Å². The lowest BCUT2D eigenvalue weighted by atomic mass is 9.81. The first-order chi connectivity index (χ1) is 16.1. The molecule has 180 valence electrons. The van der Waals surface area contributed by atoms with Crippen molar-refractivity contribution in [2.75, 3.05) is 7.11 Å². The molecule has 1 N–H and O–H groups in total. The third-order valence-corrected chi connectivity index (χ3v) is 5.83. The molecular formula is C29H33FO4. The van der Waals surface area contributed by atoms with E-state index in [1.807, 2.05) is 12.1 Å². The summed E-state index contributed by atoms with van der Waals surface area (Å²) in [5, 5.41) is 7.42. The van der Waals surface area contributed by atoms with Crippen molar-refractivity contribution in [2.45, 2.75) is 59.0 Å². The minimum absolute atomic E-state index is 0.144. The van der Waals surface area contributed by atoms with E-state index in [4.69, 9.17) is 19.4 Å². The molecule has 0 bridgehead atoms. The number of halogens is 1. The Balaban J connectivity index is 0.000000751. The molecule has 1 aliphatic rings. The molecule has 0 unspecified atom stereocenters. The topological polar surface area (TPSA) is 55.8 Å². The fraction of sp³-hybridized carbons (Fsp3) is 0.345. The van der Waals surface area contributed by atoms with E-state index >= 15 is 0 Å². The summed E-state index contributed by atoms with van der Waals surface area (Å²) in [6.45, 7) is 8.02. The van der Waals surface area contributed by atoms with Crippen molar-refractivity contribution in [1.82, 2.24) is 0 Å². The molecule has 0 amide bonds. The Morgan fingerprint density at radius 2 is 1.62 bits per heavy atom. The third-order valence-electron chi connectivity index (χ3n) is 5.83. The second-order valence-corrected chi connectivity index (χ2v) is 9.57. The van der Waals surface area contributed by atoms with Gasteiger partial charge in [-0.05, 0) is 82.8 Å². The number of methoxy groups -OCH3 is 1. The van der Waals surface area contributed by atoms with E-state index in [2.05, 4.69) is 45.0 Å². The normalized spacial score (nSPS) is 12.4. The summed E-state index contributed by atoms with van der Waals surface area (Å²) >= 11 is 0. The maximum Gasteiger partial charge on any atom is 0.300 e. The van der Waals surface area contributed by atoms with Crippen LogP contribution in [0.15, 0.2) is 54.6 Å². The molecule has 1 aliphatic carbocycles. The molecule has 0 aromatic heterocycles. The van der Waals surface area contributed by atoms with Gasteiger partial charge in [-0.25, -0.2) is 4.39 Å². The minimum atomic E-state index is -0.833. The first-order valence-electron chi connectivity index (χ1n) is 11.5. The van der Waals surface area contributed by atoms with Crippen LogP contribution in [-0.2, 0) is 29.7 Å². The molecule has 4 nitrogen and oxygen atoms in total. The van der Waals surface area contributed by atoms with E-state index in [0.717, 1.165) is 35.8 Å². The van der Waals surface area contributed by atoms with Gasteiger partial charge in [0.2, 0.25) is 0 Å². The van der Waals surface area contributed by atoms with Gasteiger partial charge in [0.15, 0.2) is 0 Å². The number of ether oxygens (including phenoxy) is 2. The monoisotopic (exact) mass is 464 g/mol. The van der Waals surface area contributed by atoms with Crippen molar-refractivity contribution in [3.05, 3.63) is 82.7 Å². The van der Waals surface area contributed by atoms with Crippen LogP contribution in [0.3, 0.4) is 0 Å². The second kappa shape index (κ2) is 10.7. The Morgan fingerprint density at radius 3 is 2.29 bits per heavy atom. The lowest BCUT2D eigenvalue weighted by molar-refractivity contribution is -0.134. The van der Waals surface area contributed by atoms with Gasteiger partial charge in [0.25, 0.3) is 5.97 Å². The van der Waals surface area contributed by atoms with Crippen molar-refractivity contribution in [3.8, 4) is 22.6 Å². The smallest absolute Gasteiger partial charge is 0.300 e. The first-order valence-corrected chi connectivity index (χ1v) is 11.5. The molecule has 3 aromatic rings. The van der Waals surface area contributed by atoms with Gasteiger partial charge in [-0.15, -0.1) is 0 Å². The zero-order valence-electron chi connectivity index (χ0n) is 20.6. The molecule has 0 saturated carbocycles. The second-order valence-electron chi connectivity index (χ2n) is 9.57. The number of fused-ring (bicyclic) bond motifs is 1. The molecule has 34 heavy (non-hydrogen) atoms. The Labute approximate surface area is 201 Å². The van der Waals surface area contributed by atoms with Crippen LogP contribution in [0.2, 0.25) is 0 Å². The lowest BCUT2D eigenvalue weighted by Crippen LogP contribution is -2.14. The number of carboxylic acids is 1. The molecule has 5 heteroatoms. The zero-order valence-corrected chi connectivity index (χ0v) is 20.6. The molecular weight excluding hydrogens is 431 g/mol. The highest BCUT2D eigenvalue weighted by atomic mass is 19.1. The summed E-state index contributed by atoms with van der Waals surface area (Å²) in [5.74, 6) is 0.481.